The van der Waals surface area contributed by atoms with Crippen molar-refractivity contribution in [1.29, 1.82) is 0 Å². The summed E-state index contributed by atoms with van der Waals surface area (Å²) in [5.74, 6) is -1.73. The fraction of sp³-hybridized carbons (Fsp3) is 0.375. The molecule has 0 radical (unpaired) electrons. The summed E-state index contributed by atoms with van der Waals surface area (Å²) in [7, 11) is -4.71. The molecule has 12 heteroatoms. The highest BCUT2D eigenvalue weighted by molar-refractivity contribution is 7.89. The van der Waals surface area contributed by atoms with E-state index in [0.29, 0.717) is 11.3 Å². The van der Waals surface area contributed by atoms with Gasteiger partial charge in [0.2, 0.25) is 10.0 Å². The van der Waals surface area contributed by atoms with Crippen molar-refractivity contribution in [3.63, 3.8) is 0 Å². The molecule has 5 nitrogen and oxygen atoms in total. The Balaban J connectivity index is 3.24. The van der Waals surface area contributed by atoms with Gasteiger partial charge in [-0.25, -0.2) is 8.42 Å². The number of carboxylic acid groups (broad SMARTS) is 1. The molecule has 0 bridgehead atoms. The second-order valence-electron chi connectivity index (χ2n) is 3.47. The van der Waals surface area contributed by atoms with Crippen molar-refractivity contribution in [2.45, 2.75) is 11.1 Å². The van der Waals surface area contributed by atoms with Gasteiger partial charge in [-0.1, -0.05) is 23.2 Å². The number of nitrogens with zero attached hydrogens (tertiary/aromatic N) is 1. The van der Waals surface area contributed by atoms with Gasteiger partial charge in [0, 0.05) is 0 Å². The highest BCUT2D eigenvalue weighted by atomic mass is 35.5. The van der Waals surface area contributed by atoms with Gasteiger partial charge in [0.25, 0.3) is 0 Å². The molecule has 0 aliphatic carbocycles. The quantitative estimate of drug-likeness (QED) is 0.863. The zero-order valence-corrected chi connectivity index (χ0v) is 12.5. The van der Waals surface area contributed by atoms with Crippen LogP contribution in [0.2, 0.25) is 8.67 Å². The number of sulfonamides is 1. The zero-order chi connectivity index (χ0) is 15.7. The van der Waals surface area contributed by atoms with Crippen LogP contribution in [0.1, 0.15) is 0 Å². The fourth-order valence-electron chi connectivity index (χ4n) is 1.22. The smallest absolute Gasteiger partial charge is 0.402 e. The van der Waals surface area contributed by atoms with Crippen LogP contribution < -0.4 is 0 Å². The van der Waals surface area contributed by atoms with Crippen molar-refractivity contribution >= 4 is 50.5 Å². The summed E-state index contributed by atoms with van der Waals surface area (Å²) in [4.78, 5) is 9.88. The molecule has 0 unspecified atom stereocenters. The third-order valence-electron chi connectivity index (χ3n) is 1.91. The van der Waals surface area contributed by atoms with E-state index in [1.165, 1.54) is 0 Å². The van der Waals surface area contributed by atoms with E-state index in [-0.39, 0.29) is 13.0 Å². The van der Waals surface area contributed by atoms with Gasteiger partial charge in [0.05, 0.1) is 4.34 Å². The average molecular weight is 372 g/mol. The molecule has 0 aromatic carbocycles. The van der Waals surface area contributed by atoms with Crippen LogP contribution in [-0.4, -0.2) is 43.1 Å². The van der Waals surface area contributed by atoms with E-state index in [1.54, 1.807) is 0 Å². The number of halogens is 5. The van der Waals surface area contributed by atoms with E-state index >= 15 is 0 Å². The molecule has 1 aromatic heterocycles. The van der Waals surface area contributed by atoms with Crippen molar-refractivity contribution < 1.29 is 31.5 Å². The normalized spacial score (nSPS) is 12.9. The molecule has 0 saturated carbocycles. The predicted molar refractivity (Wildman–Crippen MR) is 66.8 cm³/mol. The maximum atomic E-state index is 12.4. The van der Waals surface area contributed by atoms with Gasteiger partial charge in [0.1, 0.15) is 22.3 Å². The Morgan fingerprint density at radius 3 is 2.30 bits per heavy atom. The Morgan fingerprint density at radius 1 is 1.40 bits per heavy atom. The summed E-state index contributed by atoms with van der Waals surface area (Å²) in [6.45, 7) is -3.28. The number of carboxylic acids is 1. The molecule has 1 heterocycles. The molecule has 0 saturated heterocycles. The molecular formula is C8H6Cl2F3NO4S2. The molecule has 0 atom stereocenters. The Bertz CT molecular complexity index is 614. The van der Waals surface area contributed by atoms with Gasteiger partial charge in [-0.2, -0.15) is 17.5 Å². The van der Waals surface area contributed by atoms with Gasteiger partial charge in [-0.05, 0) is 6.07 Å². The maximum absolute atomic E-state index is 12.4. The first-order valence-corrected chi connectivity index (χ1v) is 7.68. The topological polar surface area (TPSA) is 74.7 Å². The second-order valence-corrected chi connectivity index (χ2v) is 7.66. The molecule has 0 aliphatic rings. The van der Waals surface area contributed by atoms with Crippen LogP contribution in [0.15, 0.2) is 11.0 Å². The molecule has 1 N–H and O–H groups in total. The van der Waals surface area contributed by atoms with Crippen LogP contribution in [0.3, 0.4) is 0 Å². The molecule has 20 heavy (non-hydrogen) atoms. The highest BCUT2D eigenvalue weighted by Gasteiger charge is 2.39. The van der Waals surface area contributed by atoms with Gasteiger partial charge in [0.15, 0.2) is 0 Å². The van der Waals surface area contributed by atoms with Crippen LogP contribution in [0.25, 0.3) is 0 Å². The van der Waals surface area contributed by atoms with Crippen LogP contribution in [0.4, 0.5) is 13.2 Å². The number of aliphatic carboxylic acids is 1. The minimum absolute atomic E-state index is 0.0455. The molecule has 0 amide bonds. The van der Waals surface area contributed by atoms with E-state index in [9.17, 15) is 26.4 Å². The van der Waals surface area contributed by atoms with Crippen molar-refractivity contribution in [3.05, 3.63) is 14.7 Å². The molecule has 1 rings (SSSR count). The summed E-state index contributed by atoms with van der Waals surface area (Å²) in [6.07, 6.45) is -4.89. The lowest BCUT2D eigenvalue weighted by Gasteiger charge is -2.21. The lowest BCUT2D eigenvalue weighted by molar-refractivity contribution is -0.146. The van der Waals surface area contributed by atoms with Crippen LogP contribution in [0.5, 0.6) is 0 Å². The van der Waals surface area contributed by atoms with Crippen molar-refractivity contribution in [2.24, 2.45) is 0 Å². The Hall–Kier alpha value is -0.550. The van der Waals surface area contributed by atoms with Gasteiger partial charge >= 0.3 is 12.1 Å². The molecule has 0 spiro atoms. The lowest BCUT2D eigenvalue weighted by atomic mass is 10.5. The third kappa shape index (κ3) is 4.48. The Kier molecular flexibility index (Phi) is 5.30. The van der Waals surface area contributed by atoms with Gasteiger partial charge in [-0.3, -0.25) is 4.79 Å². The van der Waals surface area contributed by atoms with E-state index in [0.717, 1.165) is 6.07 Å². The minimum atomic E-state index is -4.89. The van der Waals surface area contributed by atoms with Crippen LogP contribution in [-0.2, 0) is 14.8 Å². The maximum Gasteiger partial charge on any atom is 0.402 e. The SMILES string of the molecule is O=C(O)CN(CC(F)(F)F)S(=O)(=O)c1cc(Cl)sc1Cl. The minimum Gasteiger partial charge on any atom is -0.480 e. The standard InChI is InChI=1S/C8H6Cl2F3NO4S2/c9-5-1-4(7(10)19-5)20(17,18)14(2-6(15)16)3-8(11,12)13/h1H,2-3H2,(H,15,16). The van der Waals surface area contributed by atoms with E-state index < -0.39 is 40.2 Å². The number of rotatable bonds is 5. The highest BCUT2D eigenvalue weighted by Crippen LogP contribution is 2.36. The monoisotopic (exact) mass is 371 g/mol. The number of carbonyl (C=O) groups is 1. The number of hydrogen-bond donors (Lipinski definition) is 1. The summed E-state index contributed by atoms with van der Waals surface area (Å²) < 4.78 is 60.5. The third-order valence-corrected chi connectivity index (χ3v) is 5.46. The molecule has 114 valence electrons. The van der Waals surface area contributed by atoms with Crippen LogP contribution in [0, 0.1) is 0 Å². The largest absolute Gasteiger partial charge is 0.480 e. The first-order chi connectivity index (χ1) is 8.93. The second kappa shape index (κ2) is 6.06. The number of alkyl halides is 3. The molecule has 0 aliphatic heterocycles. The zero-order valence-electron chi connectivity index (χ0n) is 9.32. The molecule has 0 fully saturated rings. The summed E-state index contributed by atoms with van der Waals surface area (Å²) in [6, 6.07) is 0.870. The van der Waals surface area contributed by atoms with E-state index in [4.69, 9.17) is 28.3 Å². The Labute approximate surface area is 125 Å². The molecular weight excluding hydrogens is 366 g/mol. The number of hydrogen-bond acceptors (Lipinski definition) is 4. The van der Waals surface area contributed by atoms with Crippen molar-refractivity contribution in [1.82, 2.24) is 4.31 Å². The lowest BCUT2D eigenvalue weighted by Crippen LogP contribution is -2.41. The van der Waals surface area contributed by atoms with E-state index in [2.05, 4.69) is 0 Å². The average Bonchev–Trinajstić information content (AvgIpc) is 2.54. The van der Waals surface area contributed by atoms with Gasteiger partial charge < -0.3 is 5.11 Å². The Morgan fingerprint density at radius 2 is 1.95 bits per heavy atom. The fourth-order valence-corrected chi connectivity index (χ4v) is 4.70. The first kappa shape index (κ1) is 17.5. The first-order valence-electron chi connectivity index (χ1n) is 4.67. The molecule has 1 aromatic rings. The predicted octanol–water partition coefficient (Wildman–Crippen LogP) is 2.69. The van der Waals surface area contributed by atoms with Crippen LogP contribution >= 0.6 is 34.5 Å². The van der Waals surface area contributed by atoms with Gasteiger partial charge in [-0.15, -0.1) is 11.3 Å². The summed E-state index contributed by atoms with van der Waals surface area (Å²) >= 11 is 11.8. The summed E-state index contributed by atoms with van der Waals surface area (Å²) in [5.41, 5.74) is 0. The summed E-state index contributed by atoms with van der Waals surface area (Å²) in [5, 5.41) is 8.54. The van der Waals surface area contributed by atoms with Crippen molar-refractivity contribution in [2.75, 3.05) is 13.1 Å². The van der Waals surface area contributed by atoms with E-state index in [1.807, 2.05) is 0 Å². The number of thiophene rings is 1. The van der Waals surface area contributed by atoms with Crippen molar-refractivity contribution in [3.8, 4) is 0 Å².